The first-order valence-corrected chi connectivity index (χ1v) is 8.75. The van der Waals surface area contributed by atoms with Crippen LogP contribution in [0.1, 0.15) is 32.6 Å². The van der Waals surface area contributed by atoms with Crippen LogP contribution in [-0.4, -0.2) is 33.8 Å². The molecule has 3 rings (SSSR count). The molecule has 1 fully saturated rings. The van der Waals surface area contributed by atoms with Crippen molar-refractivity contribution in [2.24, 2.45) is 5.92 Å². The number of piperidine rings is 1. The number of hydrogen-bond acceptors (Lipinski definition) is 4. The number of carbonyl (C=O) groups excluding carboxylic acids is 1. The van der Waals surface area contributed by atoms with E-state index in [1.54, 1.807) is 6.33 Å². The minimum absolute atomic E-state index is 0. The van der Waals surface area contributed by atoms with Gasteiger partial charge in [0.05, 0.1) is 5.69 Å². The van der Waals surface area contributed by atoms with Gasteiger partial charge in [0.2, 0.25) is 5.91 Å². The fourth-order valence-electron chi connectivity index (χ4n) is 3.20. The first-order chi connectivity index (χ1) is 11.8. The molecular weight excluding hydrogens is 338 g/mol. The Balaban J connectivity index is 0.00000225. The van der Waals surface area contributed by atoms with Gasteiger partial charge in [0.25, 0.3) is 0 Å². The highest BCUT2D eigenvalue weighted by atomic mass is 35.5. The molecule has 1 aliphatic heterocycles. The molecule has 0 radical (unpaired) electrons. The van der Waals surface area contributed by atoms with Crippen molar-refractivity contribution in [2.75, 3.05) is 18.4 Å². The first-order valence-electron chi connectivity index (χ1n) is 8.75. The maximum atomic E-state index is 12.4. The lowest BCUT2D eigenvalue weighted by molar-refractivity contribution is -0.116. The number of carbonyl (C=O) groups is 1. The van der Waals surface area contributed by atoms with Crippen molar-refractivity contribution >= 4 is 24.0 Å². The normalized spacial score (nSPS) is 14.8. The monoisotopic (exact) mass is 363 g/mol. The molecule has 136 valence electrons. The van der Waals surface area contributed by atoms with Crippen LogP contribution in [0.15, 0.2) is 30.6 Å². The molecule has 1 aromatic heterocycles. The fourth-order valence-corrected chi connectivity index (χ4v) is 3.20. The number of para-hydroxylation sites is 1. The van der Waals surface area contributed by atoms with Gasteiger partial charge in [-0.25, -0.2) is 0 Å². The van der Waals surface area contributed by atoms with Crippen LogP contribution in [0.4, 0.5) is 5.69 Å². The predicted molar refractivity (Wildman–Crippen MR) is 102 cm³/mol. The molecule has 0 aliphatic carbocycles. The highest BCUT2D eigenvalue weighted by molar-refractivity contribution is 5.94. The van der Waals surface area contributed by atoms with Gasteiger partial charge in [-0.1, -0.05) is 12.1 Å². The van der Waals surface area contributed by atoms with E-state index in [-0.39, 0.29) is 18.3 Å². The van der Waals surface area contributed by atoms with Crippen LogP contribution < -0.4 is 10.6 Å². The smallest absolute Gasteiger partial charge is 0.224 e. The Morgan fingerprint density at radius 1 is 1.32 bits per heavy atom. The Bertz CT molecular complexity index is 682. The summed E-state index contributed by atoms with van der Waals surface area (Å²) >= 11 is 0. The number of nitrogens with one attached hydrogen (secondary N) is 2. The van der Waals surface area contributed by atoms with E-state index in [0.29, 0.717) is 12.3 Å². The van der Waals surface area contributed by atoms with Crippen molar-refractivity contribution in [3.63, 3.8) is 0 Å². The summed E-state index contributed by atoms with van der Waals surface area (Å²) in [6.45, 7) is 4.98. The second-order valence-electron chi connectivity index (χ2n) is 6.27. The highest BCUT2D eigenvalue weighted by Gasteiger charge is 2.16. The number of rotatable bonds is 6. The molecule has 2 heterocycles. The van der Waals surface area contributed by atoms with Gasteiger partial charge < -0.3 is 15.2 Å². The van der Waals surface area contributed by atoms with E-state index in [0.717, 1.165) is 43.1 Å². The highest BCUT2D eigenvalue weighted by Crippen LogP contribution is 2.26. The molecule has 7 heteroatoms. The van der Waals surface area contributed by atoms with Crippen molar-refractivity contribution < 1.29 is 4.79 Å². The molecule has 25 heavy (non-hydrogen) atoms. The number of anilines is 1. The molecule has 1 aliphatic rings. The first kappa shape index (κ1) is 19.4. The SMILES string of the molecule is CCn1cnnc1-c1ccccc1NC(=O)CCC1CCNCC1.Cl. The number of nitrogens with zero attached hydrogens (tertiary/aromatic N) is 3. The van der Waals surface area contributed by atoms with Gasteiger partial charge in [-0.2, -0.15) is 0 Å². The lowest BCUT2D eigenvalue weighted by Gasteiger charge is -2.22. The van der Waals surface area contributed by atoms with Gasteiger partial charge in [0, 0.05) is 18.5 Å². The van der Waals surface area contributed by atoms with Crippen molar-refractivity contribution in [3.8, 4) is 11.4 Å². The van der Waals surface area contributed by atoms with Crippen molar-refractivity contribution in [1.82, 2.24) is 20.1 Å². The van der Waals surface area contributed by atoms with Crippen LogP contribution in [0.2, 0.25) is 0 Å². The minimum atomic E-state index is 0. The molecule has 6 nitrogen and oxygen atoms in total. The number of aryl methyl sites for hydroxylation is 1. The van der Waals surface area contributed by atoms with Crippen molar-refractivity contribution in [2.45, 2.75) is 39.2 Å². The van der Waals surface area contributed by atoms with Gasteiger partial charge in [-0.3, -0.25) is 4.79 Å². The maximum absolute atomic E-state index is 12.4. The van der Waals surface area contributed by atoms with Crippen LogP contribution in [-0.2, 0) is 11.3 Å². The summed E-state index contributed by atoms with van der Waals surface area (Å²) in [6.07, 6.45) is 5.58. The third-order valence-corrected chi connectivity index (χ3v) is 4.64. The molecule has 1 saturated heterocycles. The fraction of sp³-hybridized carbons (Fsp3) is 0.500. The van der Waals surface area contributed by atoms with E-state index in [4.69, 9.17) is 0 Å². The second-order valence-corrected chi connectivity index (χ2v) is 6.27. The molecule has 1 aromatic carbocycles. The van der Waals surface area contributed by atoms with Gasteiger partial charge >= 0.3 is 0 Å². The molecule has 2 aromatic rings. The lowest BCUT2D eigenvalue weighted by atomic mass is 9.93. The van der Waals surface area contributed by atoms with Gasteiger partial charge in [-0.05, 0) is 57.3 Å². The van der Waals surface area contributed by atoms with E-state index in [1.165, 1.54) is 12.8 Å². The zero-order chi connectivity index (χ0) is 16.8. The summed E-state index contributed by atoms with van der Waals surface area (Å²) in [6, 6.07) is 7.78. The molecule has 0 bridgehead atoms. The topological polar surface area (TPSA) is 71.8 Å². The zero-order valence-electron chi connectivity index (χ0n) is 14.6. The molecule has 0 saturated carbocycles. The second kappa shape index (κ2) is 9.53. The Labute approximate surface area is 154 Å². The summed E-state index contributed by atoms with van der Waals surface area (Å²) < 4.78 is 1.97. The molecule has 2 N–H and O–H groups in total. The van der Waals surface area contributed by atoms with Crippen molar-refractivity contribution in [1.29, 1.82) is 0 Å². The number of hydrogen-bond donors (Lipinski definition) is 2. The number of aromatic nitrogens is 3. The summed E-state index contributed by atoms with van der Waals surface area (Å²) in [5, 5.41) is 14.6. The molecule has 0 spiro atoms. The lowest BCUT2D eigenvalue weighted by Crippen LogP contribution is -2.28. The van der Waals surface area contributed by atoms with Crippen LogP contribution in [0, 0.1) is 5.92 Å². The van der Waals surface area contributed by atoms with Crippen LogP contribution in [0.25, 0.3) is 11.4 Å². The van der Waals surface area contributed by atoms with Crippen LogP contribution >= 0.6 is 12.4 Å². The third-order valence-electron chi connectivity index (χ3n) is 4.64. The summed E-state index contributed by atoms with van der Waals surface area (Å²) in [7, 11) is 0. The Hall–Kier alpha value is -1.92. The van der Waals surface area contributed by atoms with Crippen molar-refractivity contribution in [3.05, 3.63) is 30.6 Å². The van der Waals surface area contributed by atoms with E-state index in [2.05, 4.69) is 20.8 Å². The summed E-state index contributed by atoms with van der Waals surface area (Å²) in [4.78, 5) is 12.4. The van der Waals surface area contributed by atoms with E-state index < -0.39 is 0 Å². The number of halogens is 1. The maximum Gasteiger partial charge on any atom is 0.224 e. The van der Waals surface area contributed by atoms with E-state index >= 15 is 0 Å². The zero-order valence-corrected chi connectivity index (χ0v) is 15.4. The van der Waals surface area contributed by atoms with Gasteiger partial charge in [-0.15, -0.1) is 22.6 Å². The Kier molecular flexibility index (Phi) is 7.40. The molecular formula is C18H26ClN5O. The summed E-state index contributed by atoms with van der Waals surface area (Å²) in [5.74, 6) is 1.52. The van der Waals surface area contributed by atoms with E-state index in [1.807, 2.05) is 35.8 Å². The average Bonchev–Trinajstić information content (AvgIpc) is 3.10. The van der Waals surface area contributed by atoms with Crippen LogP contribution in [0.3, 0.4) is 0 Å². The number of benzene rings is 1. The number of amides is 1. The largest absolute Gasteiger partial charge is 0.325 e. The quantitative estimate of drug-likeness (QED) is 0.827. The van der Waals surface area contributed by atoms with Gasteiger partial charge in [0.1, 0.15) is 6.33 Å². The summed E-state index contributed by atoms with van der Waals surface area (Å²) in [5.41, 5.74) is 1.71. The Morgan fingerprint density at radius 3 is 2.84 bits per heavy atom. The molecule has 1 amide bonds. The third kappa shape index (κ3) is 5.03. The van der Waals surface area contributed by atoms with Crippen LogP contribution in [0.5, 0.6) is 0 Å². The minimum Gasteiger partial charge on any atom is -0.325 e. The standard InChI is InChI=1S/C18H25N5O.ClH/c1-2-23-13-20-22-18(23)15-5-3-4-6-16(15)21-17(24)8-7-14-9-11-19-12-10-14;/h3-6,13-14,19H,2,7-12H2,1H3,(H,21,24);1H. The Morgan fingerprint density at radius 2 is 2.08 bits per heavy atom. The van der Waals surface area contributed by atoms with E-state index in [9.17, 15) is 4.79 Å². The molecule has 0 unspecified atom stereocenters. The van der Waals surface area contributed by atoms with Gasteiger partial charge in [0.15, 0.2) is 5.82 Å². The predicted octanol–water partition coefficient (Wildman–Crippen LogP) is 3.11. The average molecular weight is 364 g/mol. The molecule has 0 atom stereocenters.